The highest BCUT2D eigenvalue weighted by atomic mass is 32.1. The summed E-state index contributed by atoms with van der Waals surface area (Å²) in [5.41, 5.74) is 9.38. The average Bonchev–Trinajstić information content (AvgIpc) is 2.92. The first-order valence-corrected chi connectivity index (χ1v) is 7.27. The van der Waals surface area contributed by atoms with Gasteiger partial charge in [0.2, 0.25) is 0 Å². The van der Waals surface area contributed by atoms with E-state index in [1.54, 1.807) is 11.3 Å². The van der Waals surface area contributed by atoms with Crippen LogP contribution in [0.2, 0.25) is 0 Å². The van der Waals surface area contributed by atoms with Crippen molar-refractivity contribution in [3.05, 3.63) is 16.1 Å². The predicted molar refractivity (Wildman–Crippen MR) is 67.3 cm³/mol. The molecule has 16 heavy (non-hydrogen) atoms. The molecule has 2 aliphatic rings. The topological polar surface area (TPSA) is 38.9 Å². The summed E-state index contributed by atoms with van der Waals surface area (Å²) in [6.45, 7) is 2.08. The van der Waals surface area contributed by atoms with Crippen LogP contribution in [0.3, 0.4) is 0 Å². The summed E-state index contributed by atoms with van der Waals surface area (Å²) in [6, 6.07) is 0.233. The van der Waals surface area contributed by atoms with E-state index in [9.17, 15) is 0 Å². The number of aromatic nitrogens is 1. The van der Waals surface area contributed by atoms with Crippen molar-refractivity contribution >= 4 is 11.3 Å². The minimum Gasteiger partial charge on any atom is -0.323 e. The number of fused-ring (bicyclic) bond motifs is 2. The summed E-state index contributed by atoms with van der Waals surface area (Å²) in [5.74, 6) is 2.92. The predicted octanol–water partition coefficient (Wildman–Crippen LogP) is 3.28. The normalized spacial score (nSPS) is 34.5. The lowest BCUT2D eigenvalue weighted by Gasteiger charge is -2.24. The first-order valence-electron chi connectivity index (χ1n) is 6.39. The van der Waals surface area contributed by atoms with Gasteiger partial charge in [-0.1, -0.05) is 6.42 Å². The monoisotopic (exact) mass is 236 g/mol. The molecular formula is C13H20N2S. The molecule has 0 radical (unpaired) electrons. The van der Waals surface area contributed by atoms with E-state index >= 15 is 0 Å². The van der Waals surface area contributed by atoms with Crippen molar-refractivity contribution < 1.29 is 0 Å². The van der Waals surface area contributed by atoms with Crippen LogP contribution in [0.4, 0.5) is 0 Å². The standard InChI is InChI=1S/C13H20N2S/c1-8-13(16-7-15-8)12(14)6-11-5-9-2-3-10(11)4-9/h7,9-12H,2-6,14H2,1H3. The maximum atomic E-state index is 6.32. The molecule has 1 aromatic heterocycles. The Balaban J connectivity index is 1.65. The highest BCUT2D eigenvalue weighted by Gasteiger charge is 2.40. The van der Waals surface area contributed by atoms with Crippen LogP contribution in [0.5, 0.6) is 0 Å². The van der Waals surface area contributed by atoms with Gasteiger partial charge in [-0.2, -0.15) is 0 Å². The van der Waals surface area contributed by atoms with E-state index in [2.05, 4.69) is 11.9 Å². The molecule has 88 valence electrons. The molecule has 0 aromatic carbocycles. The molecule has 0 amide bonds. The molecule has 2 nitrogen and oxygen atoms in total. The van der Waals surface area contributed by atoms with Crippen molar-refractivity contribution in [3.8, 4) is 0 Å². The third kappa shape index (κ3) is 1.80. The molecule has 0 spiro atoms. The van der Waals surface area contributed by atoms with Crippen LogP contribution in [0.25, 0.3) is 0 Å². The zero-order valence-electron chi connectivity index (χ0n) is 9.86. The minimum atomic E-state index is 0.233. The van der Waals surface area contributed by atoms with Crippen molar-refractivity contribution in [2.75, 3.05) is 0 Å². The van der Waals surface area contributed by atoms with E-state index < -0.39 is 0 Å². The second-order valence-electron chi connectivity index (χ2n) is 5.58. The van der Waals surface area contributed by atoms with Gasteiger partial charge in [-0.15, -0.1) is 11.3 Å². The highest BCUT2D eigenvalue weighted by Crippen LogP contribution is 2.50. The van der Waals surface area contributed by atoms with Gasteiger partial charge in [0.1, 0.15) is 0 Å². The third-order valence-corrected chi connectivity index (χ3v) is 5.62. The van der Waals surface area contributed by atoms with Gasteiger partial charge in [0.05, 0.1) is 11.2 Å². The smallest absolute Gasteiger partial charge is 0.0798 e. The molecule has 2 saturated carbocycles. The van der Waals surface area contributed by atoms with Crippen LogP contribution in [-0.2, 0) is 0 Å². The Labute approximate surface area is 101 Å². The molecule has 4 atom stereocenters. The molecule has 0 saturated heterocycles. The Hall–Kier alpha value is -0.410. The lowest BCUT2D eigenvalue weighted by Crippen LogP contribution is -2.19. The van der Waals surface area contributed by atoms with Crippen molar-refractivity contribution in [2.45, 2.75) is 45.1 Å². The second kappa shape index (κ2) is 4.11. The Morgan fingerprint density at radius 2 is 2.38 bits per heavy atom. The maximum Gasteiger partial charge on any atom is 0.0798 e. The molecule has 1 heterocycles. The number of nitrogens with zero attached hydrogens (tertiary/aromatic N) is 1. The van der Waals surface area contributed by atoms with Gasteiger partial charge in [-0.05, 0) is 50.4 Å². The van der Waals surface area contributed by atoms with E-state index in [1.807, 2.05) is 5.51 Å². The van der Waals surface area contributed by atoms with E-state index in [1.165, 1.54) is 37.0 Å². The quantitative estimate of drug-likeness (QED) is 0.874. The molecule has 1 aromatic rings. The van der Waals surface area contributed by atoms with Gasteiger partial charge in [0.25, 0.3) is 0 Å². The summed E-state index contributed by atoms with van der Waals surface area (Å²) in [6.07, 6.45) is 7.05. The number of thiazole rings is 1. The van der Waals surface area contributed by atoms with Crippen molar-refractivity contribution in [2.24, 2.45) is 23.5 Å². The number of aryl methyl sites for hydroxylation is 1. The lowest BCUT2D eigenvalue weighted by atomic mass is 9.84. The third-order valence-electron chi connectivity index (χ3n) is 4.56. The molecule has 2 bridgehead atoms. The van der Waals surface area contributed by atoms with E-state index in [4.69, 9.17) is 5.73 Å². The van der Waals surface area contributed by atoms with Gasteiger partial charge >= 0.3 is 0 Å². The largest absolute Gasteiger partial charge is 0.323 e. The molecule has 3 rings (SSSR count). The molecule has 2 aliphatic carbocycles. The zero-order valence-corrected chi connectivity index (χ0v) is 10.7. The van der Waals surface area contributed by atoms with Crippen molar-refractivity contribution in [1.29, 1.82) is 0 Å². The highest BCUT2D eigenvalue weighted by molar-refractivity contribution is 7.09. The average molecular weight is 236 g/mol. The molecule has 0 aliphatic heterocycles. The first kappa shape index (κ1) is 10.7. The van der Waals surface area contributed by atoms with Crippen LogP contribution in [0, 0.1) is 24.7 Å². The summed E-state index contributed by atoms with van der Waals surface area (Å²) >= 11 is 1.72. The van der Waals surface area contributed by atoms with Crippen molar-refractivity contribution in [1.82, 2.24) is 4.98 Å². The Morgan fingerprint density at radius 3 is 2.94 bits per heavy atom. The fourth-order valence-electron chi connectivity index (χ4n) is 3.77. The van der Waals surface area contributed by atoms with Gasteiger partial charge in [0.15, 0.2) is 0 Å². The summed E-state index contributed by atoms with van der Waals surface area (Å²) < 4.78 is 0. The van der Waals surface area contributed by atoms with Crippen LogP contribution in [-0.4, -0.2) is 4.98 Å². The van der Waals surface area contributed by atoms with Gasteiger partial charge in [-0.3, -0.25) is 0 Å². The number of hydrogen-bond acceptors (Lipinski definition) is 3. The maximum absolute atomic E-state index is 6.32. The van der Waals surface area contributed by atoms with Crippen LogP contribution < -0.4 is 5.73 Å². The van der Waals surface area contributed by atoms with Gasteiger partial charge < -0.3 is 5.73 Å². The summed E-state index contributed by atoms with van der Waals surface area (Å²) in [4.78, 5) is 5.61. The molecule has 2 fully saturated rings. The second-order valence-corrected chi connectivity index (χ2v) is 6.47. The van der Waals surface area contributed by atoms with E-state index in [0.29, 0.717) is 0 Å². The first-order chi connectivity index (χ1) is 7.74. The molecular weight excluding hydrogens is 216 g/mol. The van der Waals surface area contributed by atoms with Gasteiger partial charge in [-0.25, -0.2) is 4.98 Å². The molecule has 3 heteroatoms. The Bertz CT molecular complexity index is 374. The summed E-state index contributed by atoms with van der Waals surface area (Å²) in [5, 5.41) is 0. The summed E-state index contributed by atoms with van der Waals surface area (Å²) in [7, 11) is 0. The van der Waals surface area contributed by atoms with E-state index in [-0.39, 0.29) is 6.04 Å². The van der Waals surface area contributed by atoms with E-state index in [0.717, 1.165) is 23.4 Å². The minimum absolute atomic E-state index is 0.233. The number of nitrogens with two attached hydrogens (primary N) is 1. The van der Waals surface area contributed by atoms with Crippen LogP contribution in [0.15, 0.2) is 5.51 Å². The number of hydrogen-bond donors (Lipinski definition) is 1. The Morgan fingerprint density at radius 1 is 1.50 bits per heavy atom. The fourth-order valence-corrected chi connectivity index (χ4v) is 4.58. The SMILES string of the molecule is Cc1ncsc1C(N)CC1CC2CCC1C2. The Kier molecular flexibility index (Phi) is 2.76. The number of rotatable bonds is 3. The molecule has 2 N–H and O–H groups in total. The van der Waals surface area contributed by atoms with Crippen LogP contribution >= 0.6 is 11.3 Å². The lowest BCUT2D eigenvalue weighted by molar-refractivity contribution is 0.297. The fraction of sp³-hybridized carbons (Fsp3) is 0.769. The zero-order chi connectivity index (χ0) is 11.1. The molecule has 4 unspecified atom stereocenters. The van der Waals surface area contributed by atoms with Gasteiger partial charge in [0, 0.05) is 10.9 Å². The van der Waals surface area contributed by atoms with Crippen LogP contribution in [0.1, 0.15) is 48.7 Å². The van der Waals surface area contributed by atoms with Crippen molar-refractivity contribution in [3.63, 3.8) is 0 Å².